The molecule has 1 aliphatic heterocycles. The molecule has 1 amide bonds. The summed E-state index contributed by atoms with van der Waals surface area (Å²) in [6.07, 6.45) is 1.06. The van der Waals surface area contributed by atoms with Gasteiger partial charge in [-0.15, -0.1) is 0 Å². The Labute approximate surface area is 95.0 Å². The fourth-order valence-corrected chi connectivity index (χ4v) is 1.89. The van der Waals surface area contributed by atoms with Gasteiger partial charge < -0.3 is 15.4 Å². The molecule has 0 radical (unpaired) electrons. The van der Waals surface area contributed by atoms with Crippen LogP contribution >= 0.6 is 0 Å². The zero-order chi connectivity index (χ0) is 11.4. The zero-order valence-corrected chi connectivity index (χ0v) is 9.38. The molecule has 2 rings (SSSR count). The number of methoxy groups -OCH3 is 1. The van der Waals surface area contributed by atoms with Crippen LogP contribution in [0.25, 0.3) is 0 Å². The van der Waals surface area contributed by atoms with Crippen LogP contribution in [0.1, 0.15) is 11.1 Å². The van der Waals surface area contributed by atoms with E-state index in [1.54, 1.807) is 0 Å². The molecular formula is C12H16N2O2. The molecule has 1 aromatic carbocycles. The van der Waals surface area contributed by atoms with E-state index < -0.39 is 0 Å². The molecule has 86 valence electrons. The molecule has 0 aromatic heterocycles. The largest absolute Gasteiger partial charge is 0.375 e. The maximum atomic E-state index is 11.3. The lowest BCUT2D eigenvalue weighted by Gasteiger charge is -2.18. The Balaban J connectivity index is 2.08. The van der Waals surface area contributed by atoms with Crippen molar-refractivity contribution in [3.63, 3.8) is 0 Å². The Morgan fingerprint density at radius 2 is 2.38 bits per heavy atom. The highest BCUT2D eigenvalue weighted by Crippen LogP contribution is 2.18. The quantitative estimate of drug-likeness (QED) is 0.796. The standard InChI is InChI=1S/C12H16N2O2/c1-16-8-12(15)14-11-3-2-9-4-5-13-7-10(9)6-11/h2-3,6,13H,4-5,7-8H2,1H3,(H,14,15). The van der Waals surface area contributed by atoms with Gasteiger partial charge in [0.15, 0.2) is 0 Å². The van der Waals surface area contributed by atoms with E-state index >= 15 is 0 Å². The van der Waals surface area contributed by atoms with Gasteiger partial charge in [0.25, 0.3) is 0 Å². The number of carbonyl (C=O) groups excluding carboxylic acids is 1. The Morgan fingerprint density at radius 1 is 1.50 bits per heavy atom. The molecule has 0 unspecified atom stereocenters. The Bertz CT molecular complexity index is 391. The third-order valence-corrected chi connectivity index (χ3v) is 2.65. The van der Waals surface area contributed by atoms with Gasteiger partial charge in [0.1, 0.15) is 6.61 Å². The molecule has 16 heavy (non-hydrogen) atoms. The van der Waals surface area contributed by atoms with E-state index in [0.717, 1.165) is 25.2 Å². The number of rotatable bonds is 3. The highest BCUT2D eigenvalue weighted by atomic mass is 16.5. The number of nitrogens with one attached hydrogen (secondary N) is 2. The number of hydrogen-bond donors (Lipinski definition) is 2. The minimum Gasteiger partial charge on any atom is -0.375 e. The predicted octanol–water partition coefficient (Wildman–Crippen LogP) is 0.917. The second kappa shape index (κ2) is 5.09. The first kappa shape index (κ1) is 11.1. The fraction of sp³-hybridized carbons (Fsp3) is 0.417. The second-order valence-corrected chi connectivity index (χ2v) is 3.89. The smallest absolute Gasteiger partial charge is 0.250 e. The van der Waals surface area contributed by atoms with Crippen LogP contribution in [0, 0.1) is 0 Å². The van der Waals surface area contributed by atoms with E-state index in [9.17, 15) is 4.79 Å². The summed E-state index contributed by atoms with van der Waals surface area (Å²) in [4.78, 5) is 11.3. The average Bonchev–Trinajstić information content (AvgIpc) is 2.29. The van der Waals surface area contributed by atoms with Crippen LogP contribution in [0.4, 0.5) is 5.69 Å². The molecule has 0 aliphatic carbocycles. The Morgan fingerprint density at radius 3 is 3.19 bits per heavy atom. The van der Waals surface area contributed by atoms with Gasteiger partial charge in [-0.25, -0.2) is 0 Å². The van der Waals surface area contributed by atoms with Crippen molar-refractivity contribution in [1.82, 2.24) is 5.32 Å². The van der Waals surface area contributed by atoms with Gasteiger partial charge in [-0.05, 0) is 36.2 Å². The summed E-state index contributed by atoms with van der Waals surface area (Å²) in [6, 6.07) is 6.05. The number of fused-ring (bicyclic) bond motifs is 1. The normalized spacial score (nSPS) is 14.3. The van der Waals surface area contributed by atoms with E-state index in [1.165, 1.54) is 18.2 Å². The third kappa shape index (κ3) is 2.59. The first-order chi connectivity index (χ1) is 7.79. The molecule has 2 N–H and O–H groups in total. The summed E-state index contributed by atoms with van der Waals surface area (Å²) < 4.78 is 4.76. The highest BCUT2D eigenvalue weighted by molar-refractivity contribution is 5.91. The molecular weight excluding hydrogens is 204 g/mol. The highest BCUT2D eigenvalue weighted by Gasteiger charge is 2.09. The summed E-state index contributed by atoms with van der Waals surface area (Å²) in [5.41, 5.74) is 3.47. The van der Waals surface area contributed by atoms with Gasteiger partial charge in [-0.1, -0.05) is 6.07 Å². The van der Waals surface area contributed by atoms with Crippen LogP contribution in [0.5, 0.6) is 0 Å². The topological polar surface area (TPSA) is 50.4 Å². The maximum absolute atomic E-state index is 11.3. The minimum absolute atomic E-state index is 0.0926. The number of benzene rings is 1. The van der Waals surface area contributed by atoms with Crippen LogP contribution in [0.3, 0.4) is 0 Å². The molecule has 0 fully saturated rings. The molecule has 1 aliphatic rings. The molecule has 4 nitrogen and oxygen atoms in total. The van der Waals surface area contributed by atoms with Gasteiger partial charge in [-0.2, -0.15) is 0 Å². The van der Waals surface area contributed by atoms with Crippen LogP contribution in [0.2, 0.25) is 0 Å². The van der Waals surface area contributed by atoms with Crippen molar-refractivity contribution in [3.8, 4) is 0 Å². The van der Waals surface area contributed by atoms with Crippen LogP contribution in [-0.4, -0.2) is 26.2 Å². The average molecular weight is 220 g/mol. The second-order valence-electron chi connectivity index (χ2n) is 3.89. The van der Waals surface area contributed by atoms with E-state index in [1.807, 2.05) is 12.1 Å². The van der Waals surface area contributed by atoms with E-state index in [0.29, 0.717) is 0 Å². The summed E-state index contributed by atoms with van der Waals surface area (Å²) in [5.74, 6) is -0.119. The molecule has 0 bridgehead atoms. The minimum atomic E-state index is -0.119. The number of ether oxygens (including phenoxy) is 1. The molecule has 1 heterocycles. The number of carbonyl (C=O) groups is 1. The van der Waals surface area contributed by atoms with Crippen LogP contribution in [-0.2, 0) is 22.5 Å². The van der Waals surface area contributed by atoms with E-state index in [2.05, 4.69) is 16.7 Å². The molecule has 1 aromatic rings. The fourth-order valence-electron chi connectivity index (χ4n) is 1.89. The Hall–Kier alpha value is -1.39. The van der Waals surface area contributed by atoms with Crippen molar-refractivity contribution in [3.05, 3.63) is 29.3 Å². The lowest BCUT2D eigenvalue weighted by Crippen LogP contribution is -2.24. The van der Waals surface area contributed by atoms with E-state index in [-0.39, 0.29) is 12.5 Å². The Kier molecular flexibility index (Phi) is 3.54. The predicted molar refractivity (Wildman–Crippen MR) is 62.4 cm³/mol. The van der Waals surface area contributed by atoms with Gasteiger partial charge in [0.2, 0.25) is 5.91 Å². The molecule has 0 atom stereocenters. The van der Waals surface area contributed by atoms with Crippen molar-refractivity contribution in [2.24, 2.45) is 0 Å². The number of anilines is 1. The summed E-state index contributed by atoms with van der Waals surface area (Å²) >= 11 is 0. The van der Waals surface area contributed by atoms with Crippen molar-refractivity contribution < 1.29 is 9.53 Å². The van der Waals surface area contributed by atoms with Gasteiger partial charge >= 0.3 is 0 Å². The summed E-state index contributed by atoms with van der Waals surface area (Å²) in [6.45, 7) is 2.00. The molecule has 0 saturated carbocycles. The lowest BCUT2D eigenvalue weighted by molar-refractivity contribution is -0.119. The molecule has 0 saturated heterocycles. The summed E-state index contributed by atoms with van der Waals surface area (Å²) in [7, 11) is 1.51. The van der Waals surface area contributed by atoms with Crippen LogP contribution < -0.4 is 10.6 Å². The SMILES string of the molecule is COCC(=O)Nc1ccc2c(c1)CNCC2. The monoisotopic (exact) mass is 220 g/mol. The summed E-state index contributed by atoms with van der Waals surface area (Å²) in [5, 5.41) is 6.11. The van der Waals surface area contributed by atoms with Gasteiger partial charge in [-0.3, -0.25) is 4.79 Å². The molecule has 0 spiro atoms. The van der Waals surface area contributed by atoms with Crippen LogP contribution in [0.15, 0.2) is 18.2 Å². The van der Waals surface area contributed by atoms with Crippen molar-refractivity contribution >= 4 is 11.6 Å². The van der Waals surface area contributed by atoms with Crippen molar-refractivity contribution in [2.75, 3.05) is 25.6 Å². The zero-order valence-electron chi connectivity index (χ0n) is 9.38. The molecule has 4 heteroatoms. The van der Waals surface area contributed by atoms with Gasteiger partial charge in [0, 0.05) is 19.3 Å². The lowest BCUT2D eigenvalue weighted by atomic mass is 10.0. The number of hydrogen-bond acceptors (Lipinski definition) is 3. The van der Waals surface area contributed by atoms with E-state index in [4.69, 9.17) is 4.74 Å². The maximum Gasteiger partial charge on any atom is 0.250 e. The third-order valence-electron chi connectivity index (χ3n) is 2.65. The van der Waals surface area contributed by atoms with Gasteiger partial charge in [0.05, 0.1) is 0 Å². The van der Waals surface area contributed by atoms with Crippen molar-refractivity contribution in [2.45, 2.75) is 13.0 Å². The number of amides is 1. The first-order valence-corrected chi connectivity index (χ1v) is 5.41. The first-order valence-electron chi connectivity index (χ1n) is 5.41. The van der Waals surface area contributed by atoms with Crippen molar-refractivity contribution in [1.29, 1.82) is 0 Å².